The van der Waals surface area contributed by atoms with Gasteiger partial charge in [0.05, 0.1) is 13.5 Å². The number of aromatic nitrogens is 2. The number of methoxy groups -OCH3 is 1. The first-order chi connectivity index (χ1) is 8.96. The minimum Gasteiger partial charge on any atom is -0.469 e. The second kappa shape index (κ2) is 5.67. The summed E-state index contributed by atoms with van der Waals surface area (Å²) in [5.41, 5.74) is 1.00. The number of esters is 1. The monoisotopic (exact) mass is 300 g/mol. The van der Waals surface area contributed by atoms with Crippen molar-refractivity contribution >= 4 is 29.3 Å². The molecule has 0 atom stereocenters. The summed E-state index contributed by atoms with van der Waals surface area (Å²) in [5, 5.41) is 1.42. The number of hydrogen-bond acceptors (Lipinski definition) is 5. The first-order valence-electron chi connectivity index (χ1n) is 6.16. The Hall–Kier alpha value is -0.810. The molecule has 4 nitrogen and oxygen atoms in total. The first-order valence-corrected chi connectivity index (χ1v) is 7.52. The molecule has 1 aliphatic carbocycles. The fourth-order valence-electron chi connectivity index (χ4n) is 1.86. The highest BCUT2D eigenvalue weighted by molar-refractivity contribution is 7.99. The van der Waals surface area contributed by atoms with E-state index in [0.717, 1.165) is 29.2 Å². The van der Waals surface area contributed by atoms with Gasteiger partial charge in [0.25, 0.3) is 0 Å². The molecule has 1 saturated carbocycles. The number of hydrogen-bond donors (Lipinski definition) is 0. The number of rotatable bonds is 5. The Bertz CT molecular complexity index is 504. The van der Waals surface area contributed by atoms with Crippen LogP contribution in [0.15, 0.2) is 5.03 Å². The normalized spacial score (nSPS) is 16.2. The van der Waals surface area contributed by atoms with Crippen LogP contribution in [0, 0.1) is 19.3 Å². The topological polar surface area (TPSA) is 52.1 Å². The van der Waals surface area contributed by atoms with Crippen molar-refractivity contribution in [2.24, 2.45) is 5.41 Å². The fraction of sp³-hybridized carbons (Fsp3) is 0.615. The van der Waals surface area contributed by atoms with E-state index >= 15 is 0 Å². The molecule has 2 rings (SSSR count). The van der Waals surface area contributed by atoms with Crippen LogP contribution in [0.2, 0.25) is 5.15 Å². The van der Waals surface area contributed by atoms with Gasteiger partial charge in [0.1, 0.15) is 16.0 Å². The molecule has 19 heavy (non-hydrogen) atoms. The molecule has 1 fully saturated rings. The molecule has 0 radical (unpaired) electrons. The molecule has 6 heteroatoms. The summed E-state index contributed by atoms with van der Waals surface area (Å²) in [6.45, 7) is 3.75. The molecular weight excluding hydrogens is 284 g/mol. The van der Waals surface area contributed by atoms with E-state index in [1.54, 1.807) is 11.8 Å². The molecule has 0 bridgehead atoms. The average Bonchev–Trinajstić information content (AvgIpc) is 3.12. The molecule has 0 saturated heterocycles. The molecule has 0 amide bonds. The molecule has 0 unspecified atom stereocenters. The van der Waals surface area contributed by atoms with Crippen LogP contribution in [0.25, 0.3) is 0 Å². The molecule has 1 aliphatic rings. The van der Waals surface area contributed by atoms with Crippen LogP contribution >= 0.6 is 23.4 Å². The predicted molar refractivity (Wildman–Crippen MR) is 75.5 cm³/mol. The largest absolute Gasteiger partial charge is 0.469 e. The molecule has 0 spiro atoms. The van der Waals surface area contributed by atoms with Crippen LogP contribution in [0.3, 0.4) is 0 Å². The van der Waals surface area contributed by atoms with Crippen molar-refractivity contribution in [1.29, 1.82) is 0 Å². The summed E-state index contributed by atoms with van der Waals surface area (Å²) >= 11 is 7.71. The highest BCUT2D eigenvalue weighted by Gasteiger charge is 2.44. The molecule has 104 valence electrons. The van der Waals surface area contributed by atoms with Gasteiger partial charge in [-0.1, -0.05) is 11.6 Å². The zero-order chi connectivity index (χ0) is 14.0. The minimum atomic E-state index is -0.133. The molecule has 0 aliphatic heterocycles. The molecule has 1 aromatic heterocycles. The Morgan fingerprint density at radius 1 is 1.42 bits per heavy atom. The van der Waals surface area contributed by atoms with Crippen LogP contribution in [-0.2, 0) is 9.53 Å². The van der Waals surface area contributed by atoms with E-state index < -0.39 is 0 Å². The zero-order valence-corrected chi connectivity index (χ0v) is 12.9. The Morgan fingerprint density at radius 3 is 2.68 bits per heavy atom. The van der Waals surface area contributed by atoms with Gasteiger partial charge in [0, 0.05) is 11.3 Å². The summed E-state index contributed by atoms with van der Waals surface area (Å²) < 4.78 is 4.75. The van der Waals surface area contributed by atoms with Gasteiger partial charge in [-0.15, -0.1) is 11.8 Å². The van der Waals surface area contributed by atoms with Crippen LogP contribution in [0.4, 0.5) is 0 Å². The van der Waals surface area contributed by atoms with Crippen molar-refractivity contribution in [3.05, 3.63) is 16.5 Å². The fourth-order valence-corrected chi connectivity index (χ4v) is 3.47. The Morgan fingerprint density at radius 2 is 2.11 bits per heavy atom. The van der Waals surface area contributed by atoms with Gasteiger partial charge < -0.3 is 4.74 Å². The number of halogens is 1. The van der Waals surface area contributed by atoms with E-state index in [1.807, 2.05) is 13.8 Å². The maximum absolute atomic E-state index is 11.4. The van der Waals surface area contributed by atoms with Crippen LogP contribution in [-0.4, -0.2) is 28.8 Å². The van der Waals surface area contributed by atoms with Gasteiger partial charge in [-0.25, -0.2) is 9.97 Å². The standard InChI is InChI=1S/C13H17ClN2O2S/c1-8-11(14)15-9(2)16-12(8)19-7-13(4-5-13)6-10(17)18-3/h4-7H2,1-3H3. The summed E-state index contributed by atoms with van der Waals surface area (Å²) in [5.74, 6) is 1.41. The quantitative estimate of drug-likeness (QED) is 0.475. The number of thioether (sulfide) groups is 1. The van der Waals surface area contributed by atoms with Crippen molar-refractivity contribution in [1.82, 2.24) is 9.97 Å². The lowest BCUT2D eigenvalue weighted by atomic mass is 10.1. The van der Waals surface area contributed by atoms with Crippen LogP contribution in [0.5, 0.6) is 0 Å². The Labute approximate surface area is 122 Å². The average molecular weight is 301 g/mol. The molecule has 1 heterocycles. The third-order valence-electron chi connectivity index (χ3n) is 3.37. The number of ether oxygens (including phenoxy) is 1. The zero-order valence-electron chi connectivity index (χ0n) is 11.3. The summed E-state index contributed by atoms with van der Waals surface area (Å²) in [4.78, 5) is 19.9. The maximum Gasteiger partial charge on any atom is 0.306 e. The van der Waals surface area contributed by atoms with Gasteiger partial charge in [0.15, 0.2) is 0 Å². The van der Waals surface area contributed by atoms with E-state index in [0.29, 0.717) is 17.4 Å². The Balaban J connectivity index is 2.01. The summed E-state index contributed by atoms with van der Waals surface area (Å²) in [6.07, 6.45) is 2.64. The maximum atomic E-state index is 11.4. The van der Waals surface area contributed by atoms with E-state index in [-0.39, 0.29) is 11.4 Å². The van der Waals surface area contributed by atoms with Gasteiger partial charge in [-0.2, -0.15) is 0 Å². The van der Waals surface area contributed by atoms with Crippen molar-refractivity contribution in [3.63, 3.8) is 0 Å². The van der Waals surface area contributed by atoms with Crippen LogP contribution in [0.1, 0.15) is 30.7 Å². The third kappa shape index (κ3) is 3.60. The van der Waals surface area contributed by atoms with Crippen LogP contribution < -0.4 is 0 Å². The predicted octanol–water partition coefficient (Wildman–Crippen LogP) is 3.18. The smallest absolute Gasteiger partial charge is 0.306 e. The summed E-state index contributed by atoms with van der Waals surface area (Å²) in [6, 6.07) is 0. The molecule has 0 aromatic carbocycles. The SMILES string of the molecule is COC(=O)CC1(CSc2nc(C)nc(Cl)c2C)CC1. The second-order valence-electron chi connectivity index (χ2n) is 5.03. The number of aryl methyl sites for hydroxylation is 1. The molecular formula is C13H17ClN2O2S. The Kier molecular flexibility index (Phi) is 4.36. The van der Waals surface area contributed by atoms with Gasteiger partial charge in [0.2, 0.25) is 0 Å². The van der Waals surface area contributed by atoms with Crippen molar-refractivity contribution in [2.75, 3.05) is 12.9 Å². The summed E-state index contributed by atoms with van der Waals surface area (Å²) in [7, 11) is 1.43. The second-order valence-corrected chi connectivity index (χ2v) is 6.36. The van der Waals surface area contributed by atoms with Gasteiger partial charge >= 0.3 is 5.97 Å². The highest BCUT2D eigenvalue weighted by Crippen LogP contribution is 2.52. The number of nitrogens with zero attached hydrogens (tertiary/aromatic N) is 2. The lowest BCUT2D eigenvalue weighted by Gasteiger charge is -2.14. The lowest BCUT2D eigenvalue weighted by Crippen LogP contribution is -2.13. The number of carbonyl (C=O) groups is 1. The van der Waals surface area contributed by atoms with E-state index in [2.05, 4.69) is 9.97 Å². The minimum absolute atomic E-state index is 0.0928. The third-order valence-corrected chi connectivity index (χ3v) is 5.17. The van der Waals surface area contributed by atoms with E-state index in [9.17, 15) is 4.79 Å². The lowest BCUT2D eigenvalue weighted by molar-refractivity contribution is -0.141. The van der Waals surface area contributed by atoms with E-state index in [4.69, 9.17) is 16.3 Å². The van der Waals surface area contributed by atoms with Crippen molar-refractivity contribution in [3.8, 4) is 0 Å². The molecule has 0 N–H and O–H groups in total. The highest BCUT2D eigenvalue weighted by atomic mass is 35.5. The van der Waals surface area contributed by atoms with Crippen molar-refractivity contribution < 1.29 is 9.53 Å². The van der Waals surface area contributed by atoms with Crippen molar-refractivity contribution in [2.45, 2.75) is 38.1 Å². The number of carbonyl (C=O) groups excluding carboxylic acids is 1. The van der Waals surface area contributed by atoms with E-state index in [1.165, 1.54) is 7.11 Å². The van der Waals surface area contributed by atoms with Gasteiger partial charge in [-0.05, 0) is 32.1 Å². The first kappa shape index (κ1) is 14.6. The molecule has 1 aromatic rings. The van der Waals surface area contributed by atoms with Gasteiger partial charge in [-0.3, -0.25) is 4.79 Å².